The monoisotopic (exact) mass is 286 g/mol. The summed E-state index contributed by atoms with van der Waals surface area (Å²) in [6.07, 6.45) is 2.04. The van der Waals surface area contributed by atoms with Crippen LogP contribution < -0.4 is 10.6 Å². The Morgan fingerprint density at radius 1 is 1.00 bits per heavy atom. The number of carbonyl (C=O) groups excluding carboxylic acids is 1. The summed E-state index contributed by atoms with van der Waals surface area (Å²) in [5, 5.41) is 6.07. The van der Waals surface area contributed by atoms with Gasteiger partial charge in [-0.05, 0) is 49.6 Å². The molecule has 0 aromatic heterocycles. The van der Waals surface area contributed by atoms with E-state index in [1.54, 1.807) is 11.8 Å². The Morgan fingerprint density at radius 2 is 1.65 bits per heavy atom. The second-order valence-electron chi connectivity index (χ2n) is 4.45. The number of thioether (sulfide) groups is 1. The van der Waals surface area contributed by atoms with Gasteiger partial charge >= 0.3 is 0 Å². The fourth-order valence-electron chi connectivity index (χ4n) is 1.77. The lowest BCUT2D eigenvalue weighted by atomic mass is 10.2. The molecule has 0 spiro atoms. The van der Waals surface area contributed by atoms with Crippen molar-refractivity contribution >= 4 is 29.0 Å². The molecule has 3 nitrogen and oxygen atoms in total. The third-order valence-corrected chi connectivity index (χ3v) is 3.65. The van der Waals surface area contributed by atoms with Crippen molar-refractivity contribution in [3.8, 4) is 0 Å². The molecule has 2 aromatic rings. The Bertz CT molecular complexity index is 554. The maximum absolute atomic E-state index is 12.1. The smallest absolute Gasteiger partial charge is 0.246 e. The first-order valence-corrected chi connectivity index (χ1v) is 7.68. The first kappa shape index (κ1) is 14.5. The van der Waals surface area contributed by atoms with Gasteiger partial charge in [-0.25, -0.2) is 0 Å². The van der Waals surface area contributed by atoms with E-state index < -0.39 is 0 Å². The lowest BCUT2D eigenvalue weighted by molar-refractivity contribution is -0.116. The van der Waals surface area contributed by atoms with Gasteiger partial charge in [0, 0.05) is 16.3 Å². The summed E-state index contributed by atoms with van der Waals surface area (Å²) in [4.78, 5) is 13.3. The number of benzene rings is 2. The van der Waals surface area contributed by atoms with Gasteiger partial charge in [0.15, 0.2) is 0 Å². The summed E-state index contributed by atoms with van der Waals surface area (Å²) in [6, 6.07) is 17.2. The zero-order chi connectivity index (χ0) is 14.4. The molecule has 4 heteroatoms. The molecule has 0 radical (unpaired) electrons. The van der Waals surface area contributed by atoms with Gasteiger partial charge in [-0.2, -0.15) is 0 Å². The van der Waals surface area contributed by atoms with Crippen molar-refractivity contribution in [2.24, 2.45) is 0 Å². The molecule has 0 aliphatic rings. The highest BCUT2D eigenvalue weighted by atomic mass is 32.2. The van der Waals surface area contributed by atoms with Gasteiger partial charge in [-0.3, -0.25) is 4.79 Å². The van der Waals surface area contributed by atoms with Gasteiger partial charge in [0.2, 0.25) is 5.91 Å². The van der Waals surface area contributed by atoms with Crippen LogP contribution in [0.5, 0.6) is 0 Å². The van der Waals surface area contributed by atoms with Crippen LogP contribution in [0.15, 0.2) is 59.5 Å². The average Bonchev–Trinajstić information content (AvgIpc) is 2.49. The number of anilines is 2. The molecule has 1 atom stereocenters. The summed E-state index contributed by atoms with van der Waals surface area (Å²) in [7, 11) is 0. The fraction of sp³-hybridized carbons (Fsp3) is 0.188. The van der Waals surface area contributed by atoms with E-state index in [1.807, 2.05) is 67.8 Å². The van der Waals surface area contributed by atoms with Gasteiger partial charge < -0.3 is 10.6 Å². The number of rotatable bonds is 5. The quantitative estimate of drug-likeness (QED) is 0.820. The van der Waals surface area contributed by atoms with E-state index in [0.29, 0.717) is 0 Å². The summed E-state index contributed by atoms with van der Waals surface area (Å²) in [5.74, 6) is -0.0508. The first-order valence-electron chi connectivity index (χ1n) is 6.45. The van der Waals surface area contributed by atoms with Crippen LogP contribution in [0.2, 0.25) is 0 Å². The predicted molar refractivity (Wildman–Crippen MR) is 86.4 cm³/mol. The molecular weight excluding hydrogens is 268 g/mol. The maximum atomic E-state index is 12.1. The highest BCUT2D eigenvalue weighted by molar-refractivity contribution is 7.98. The second kappa shape index (κ2) is 7.01. The first-order chi connectivity index (χ1) is 9.69. The SMILES string of the molecule is CSc1ccc(NC(C)C(=O)Nc2ccccc2)cc1. The van der Waals surface area contributed by atoms with Crippen LogP contribution in [0.1, 0.15) is 6.92 Å². The van der Waals surface area contributed by atoms with E-state index in [1.165, 1.54) is 4.90 Å². The topological polar surface area (TPSA) is 41.1 Å². The molecule has 0 aliphatic heterocycles. The third kappa shape index (κ3) is 4.03. The van der Waals surface area contributed by atoms with Crippen LogP contribution in [0.25, 0.3) is 0 Å². The number of hydrogen-bond acceptors (Lipinski definition) is 3. The van der Waals surface area contributed by atoms with Crippen molar-refractivity contribution in [2.75, 3.05) is 16.9 Å². The zero-order valence-electron chi connectivity index (χ0n) is 11.6. The Kier molecular flexibility index (Phi) is 5.07. The minimum absolute atomic E-state index is 0.0508. The van der Waals surface area contributed by atoms with Crippen LogP contribution in [-0.2, 0) is 4.79 Å². The number of amides is 1. The van der Waals surface area contributed by atoms with Gasteiger partial charge in [0.25, 0.3) is 0 Å². The van der Waals surface area contributed by atoms with Crippen LogP contribution in [0.4, 0.5) is 11.4 Å². The molecule has 0 heterocycles. The molecule has 2 rings (SSSR count). The predicted octanol–water partition coefficient (Wildman–Crippen LogP) is 3.85. The molecule has 0 bridgehead atoms. The van der Waals surface area contributed by atoms with E-state index in [4.69, 9.17) is 0 Å². The molecule has 0 fully saturated rings. The van der Waals surface area contributed by atoms with Crippen molar-refractivity contribution in [3.05, 3.63) is 54.6 Å². The van der Waals surface area contributed by atoms with E-state index in [0.717, 1.165) is 11.4 Å². The van der Waals surface area contributed by atoms with Crippen molar-refractivity contribution in [3.63, 3.8) is 0 Å². The number of nitrogens with one attached hydrogen (secondary N) is 2. The summed E-state index contributed by atoms with van der Waals surface area (Å²) < 4.78 is 0. The van der Waals surface area contributed by atoms with E-state index in [2.05, 4.69) is 10.6 Å². The molecule has 0 aliphatic carbocycles. The molecule has 1 amide bonds. The van der Waals surface area contributed by atoms with Crippen LogP contribution in [0, 0.1) is 0 Å². The average molecular weight is 286 g/mol. The molecule has 2 aromatic carbocycles. The van der Waals surface area contributed by atoms with Crippen LogP contribution >= 0.6 is 11.8 Å². The standard InChI is InChI=1S/C16H18N2OS/c1-12(16(19)18-13-6-4-3-5-7-13)17-14-8-10-15(20-2)11-9-14/h3-12,17H,1-2H3,(H,18,19). The number of hydrogen-bond donors (Lipinski definition) is 2. The summed E-state index contributed by atoms with van der Waals surface area (Å²) in [5.41, 5.74) is 1.75. The molecule has 0 saturated carbocycles. The van der Waals surface area contributed by atoms with Gasteiger partial charge in [0.1, 0.15) is 6.04 Å². The molecule has 1 unspecified atom stereocenters. The molecule has 2 N–H and O–H groups in total. The normalized spacial score (nSPS) is 11.7. The highest BCUT2D eigenvalue weighted by Crippen LogP contribution is 2.18. The van der Waals surface area contributed by atoms with E-state index in [-0.39, 0.29) is 11.9 Å². The molecule has 0 saturated heterocycles. The number of carbonyl (C=O) groups is 1. The lowest BCUT2D eigenvalue weighted by Crippen LogP contribution is -2.31. The van der Waals surface area contributed by atoms with Crippen LogP contribution in [-0.4, -0.2) is 18.2 Å². The van der Waals surface area contributed by atoms with Crippen molar-refractivity contribution in [1.82, 2.24) is 0 Å². The number of para-hydroxylation sites is 1. The third-order valence-electron chi connectivity index (χ3n) is 2.91. The van der Waals surface area contributed by atoms with Crippen molar-refractivity contribution in [1.29, 1.82) is 0 Å². The fourth-order valence-corrected chi connectivity index (χ4v) is 2.18. The van der Waals surface area contributed by atoms with Gasteiger partial charge in [-0.15, -0.1) is 11.8 Å². The van der Waals surface area contributed by atoms with Gasteiger partial charge in [0.05, 0.1) is 0 Å². The molecular formula is C16H18N2OS. The van der Waals surface area contributed by atoms with Crippen molar-refractivity contribution < 1.29 is 4.79 Å². The molecule has 20 heavy (non-hydrogen) atoms. The minimum atomic E-state index is -0.296. The lowest BCUT2D eigenvalue weighted by Gasteiger charge is -2.15. The maximum Gasteiger partial charge on any atom is 0.246 e. The van der Waals surface area contributed by atoms with Crippen LogP contribution in [0.3, 0.4) is 0 Å². The Hall–Kier alpha value is -1.94. The Morgan fingerprint density at radius 3 is 2.25 bits per heavy atom. The minimum Gasteiger partial charge on any atom is -0.374 e. The summed E-state index contributed by atoms with van der Waals surface area (Å²) >= 11 is 1.70. The summed E-state index contributed by atoms with van der Waals surface area (Å²) in [6.45, 7) is 1.85. The second-order valence-corrected chi connectivity index (χ2v) is 5.33. The van der Waals surface area contributed by atoms with E-state index >= 15 is 0 Å². The highest BCUT2D eigenvalue weighted by Gasteiger charge is 2.12. The van der Waals surface area contributed by atoms with E-state index in [9.17, 15) is 4.79 Å². The van der Waals surface area contributed by atoms with Crippen molar-refractivity contribution in [2.45, 2.75) is 17.9 Å². The zero-order valence-corrected chi connectivity index (χ0v) is 12.4. The van der Waals surface area contributed by atoms with Gasteiger partial charge in [-0.1, -0.05) is 18.2 Å². The Labute approximate surface area is 123 Å². The largest absolute Gasteiger partial charge is 0.374 e. The molecule has 104 valence electrons. The Balaban J connectivity index is 1.93.